The van der Waals surface area contributed by atoms with Crippen LogP contribution in [0.2, 0.25) is 0 Å². The van der Waals surface area contributed by atoms with E-state index in [0.717, 1.165) is 37.8 Å². The number of aliphatic carboxylic acids is 2. The van der Waals surface area contributed by atoms with Crippen LogP contribution >= 0.6 is 0 Å². The Hall–Kier alpha value is -3.47. The van der Waals surface area contributed by atoms with Crippen molar-refractivity contribution in [3.63, 3.8) is 0 Å². The maximum atomic E-state index is 13.7. The lowest BCUT2D eigenvalue weighted by molar-refractivity contribution is -0.147. The lowest BCUT2D eigenvalue weighted by Crippen LogP contribution is -2.53. The molecular weight excluding hydrogens is 516 g/mol. The van der Waals surface area contributed by atoms with Crippen LogP contribution < -0.4 is 15.5 Å². The Labute approximate surface area is 235 Å². The summed E-state index contributed by atoms with van der Waals surface area (Å²) in [6, 6.07) is 6.15. The van der Waals surface area contributed by atoms with Gasteiger partial charge in [-0.15, -0.1) is 0 Å². The molecule has 0 radical (unpaired) electrons. The average molecular weight is 559 g/mol. The summed E-state index contributed by atoms with van der Waals surface area (Å²) in [7, 11) is 3.95. The molecule has 2 atom stereocenters. The zero-order chi connectivity index (χ0) is 29.3. The van der Waals surface area contributed by atoms with Gasteiger partial charge in [0.15, 0.2) is 0 Å². The van der Waals surface area contributed by atoms with E-state index in [4.69, 9.17) is 0 Å². The maximum absolute atomic E-state index is 13.7. The molecule has 220 valence electrons. The van der Waals surface area contributed by atoms with Crippen molar-refractivity contribution in [3.05, 3.63) is 29.8 Å². The SMILES string of the molecule is CN(C)CCCCNC(=O)C[C@H](CC1(C(=O)N[C@H]2CCc3ccccc3N(CC(=O)O)C2=O)CCCC1)C(=O)O. The fourth-order valence-corrected chi connectivity index (χ4v) is 5.83. The number of hydrogen-bond acceptors (Lipinski definition) is 6. The highest BCUT2D eigenvalue weighted by molar-refractivity contribution is 6.03. The number of carbonyl (C=O) groups excluding carboxylic acids is 3. The Bertz CT molecular complexity index is 1080. The van der Waals surface area contributed by atoms with Gasteiger partial charge in [0.2, 0.25) is 17.7 Å². The Kier molecular flexibility index (Phi) is 11.1. The van der Waals surface area contributed by atoms with Gasteiger partial charge in [-0.25, -0.2) is 0 Å². The molecule has 1 fully saturated rings. The molecule has 4 N–H and O–H groups in total. The second-order valence-electron chi connectivity index (χ2n) is 11.3. The van der Waals surface area contributed by atoms with Crippen LogP contribution in [0.1, 0.15) is 63.4 Å². The molecule has 1 saturated carbocycles. The smallest absolute Gasteiger partial charge is 0.323 e. The Morgan fingerprint density at radius 2 is 1.80 bits per heavy atom. The van der Waals surface area contributed by atoms with Gasteiger partial charge in [0.05, 0.1) is 11.3 Å². The first kappa shape index (κ1) is 31.1. The molecule has 0 aromatic heterocycles. The van der Waals surface area contributed by atoms with Crippen LogP contribution in [0.3, 0.4) is 0 Å². The van der Waals surface area contributed by atoms with Crippen LogP contribution in [0.5, 0.6) is 0 Å². The van der Waals surface area contributed by atoms with Crippen LogP contribution in [0, 0.1) is 11.3 Å². The normalized spacial score (nSPS) is 19.0. The van der Waals surface area contributed by atoms with E-state index < -0.39 is 47.7 Å². The molecule has 11 nitrogen and oxygen atoms in total. The molecule has 1 aliphatic carbocycles. The number of amides is 3. The molecule has 2 aliphatic rings. The average Bonchev–Trinajstić information content (AvgIpc) is 3.34. The minimum atomic E-state index is -1.16. The van der Waals surface area contributed by atoms with Crippen LogP contribution in [0.25, 0.3) is 0 Å². The van der Waals surface area contributed by atoms with E-state index >= 15 is 0 Å². The largest absolute Gasteiger partial charge is 0.481 e. The quantitative estimate of drug-likeness (QED) is 0.253. The highest BCUT2D eigenvalue weighted by Crippen LogP contribution is 2.44. The fourth-order valence-electron chi connectivity index (χ4n) is 5.83. The minimum Gasteiger partial charge on any atom is -0.481 e. The first-order valence-corrected chi connectivity index (χ1v) is 14.1. The first-order chi connectivity index (χ1) is 19.0. The number of nitrogens with one attached hydrogen (secondary N) is 2. The lowest BCUT2D eigenvalue weighted by Gasteiger charge is -2.32. The van der Waals surface area contributed by atoms with Crippen LogP contribution in [-0.4, -0.2) is 84.5 Å². The van der Waals surface area contributed by atoms with Gasteiger partial charge in [0.1, 0.15) is 12.6 Å². The molecule has 1 aliphatic heterocycles. The molecule has 0 unspecified atom stereocenters. The molecular formula is C29H42N4O7. The summed E-state index contributed by atoms with van der Waals surface area (Å²) in [6.07, 6.45) is 4.67. The zero-order valence-corrected chi connectivity index (χ0v) is 23.5. The Morgan fingerprint density at radius 1 is 1.10 bits per heavy atom. The fraction of sp³-hybridized carbons (Fsp3) is 0.621. The third-order valence-electron chi connectivity index (χ3n) is 7.96. The number of para-hydroxylation sites is 1. The summed E-state index contributed by atoms with van der Waals surface area (Å²) in [6.45, 7) is 0.831. The van der Waals surface area contributed by atoms with Crippen molar-refractivity contribution in [2.45, 2.75) is 70.3 Å². The zero-order valence-electron chi connectivity index (χ0n) is 23.5. The number of benzene rings is 1. The molecule has 0 bridgehead atoms. The van der Waals surface area contributed by atoms with Gasteiger partial charge in [-0.1, -0.05) is 31.0 Å². The summed E-state index contributed by atoms with van der Waals surface area (Å²) in [4.78, 5) is 66.7. The maximum Gasteiger partial charge on any atom is 0.323 e. The van der Waals surface area contributed by atoms with Gasteiger partial charge in [-0.05, 0) is 77.2 Å². The van der Waals surface area contributed by atoms with Crippen molar-refractivity contribution in [1.82, 2.24) is 15.5 Å². The van der Waals surface area contributed by atoms with Crippen LogP contribution in [-0.2, 0) is 30.4 Å². The highest BCUT2D eigenvalue weighted by Gasteiger charge is 2.46. The van der Waals surface area contributed by atoms with Crippen molar-refractivity contribution in [3.8, 4) is 0 Å². The van der Waals surface area contributed by atoms with Gasteiger partial charge >= 0.3 is 11.9 Å². The summed E-state index contributed by atoms with van der Waals surface area (Å²) in [5.41, 5.74) is 0.329. The number of hydrogen-bond donors (Lipinski definition) is 4. The van der Waals surface area contributed by atoms with Gasteiger partial charge in [-0.3, -0.25) is 28.9 Å². The third-order valence-corrected chi connectivity index (χ3v) is 7.96. The molecule has 3 amide bonds. The van der Waals surface area contributed by atoms with E-state index in [9.17, 15) is 34.2 Å². The highest BCUT2D eigenvalue weighted by atomic mass is 16.4. The summed E-state index contributed by atoms with van der Waals surface area (Å²) >= 11 is 0. The molecule has 11 heteroatoms. The molecule has 1 aromatic rings. The number of carboxylic acids is 2. The number of carboxylic acid groups (broad SMARTS) is 2. The minimum absolute atomic E-state index is 0.00217. The molecule has 1 heterocycles. The molecule has 0 spiro atoms. The second kappa shape index (κ2) is 14.2. The monoisotopic (exact) mass is 558 g/mol. The van der Waals surface area contributed by atoms with Gasteiger partial charge in [-0.2, -0.15) is 0 Å². The van der Waals surface area contributed by atoms with Crippen molar-refractivity contribution < 1.29 is 34.2 Å². The summed E-state index contributed by atoms with van der Waals surface area (Å²) < 4.78 is 0. The number of nitrogens with zero attached hydrogens (tertiary/aromatic N) is 2. The van der Waals surface area contributed by atoms with E-state index in [2.05, 4.69) is 15.5 Å². The van der Waals surface area contributed by atoms with Crippen molar-refractivity contribution >= 4 is 35.3 Å². The third kappa shape index (κ3) is 8.27. The second-order valence-corrected chi connectivity index (χ2v) is 11.3. The van der Waals surface area contributed by atoms with Crippen LogP contribution in [0.4, 0.5) is 5.69 Å². The predicted molar refractivity (Wildman–Crippen MR) is 149 cm³/mol. The molecule has 0 saturated heterocycles. The van der Waals surface area contributed by atoms with Crippen molar-refractivity contribution in [2.75, 3.05) is 38.6 Å². The predicted octanol–water partition coefficient (Wildman–Crippen LogP) is 2.03. The van der Waals surface area contributed by atoms with Gasteiger partial charge in [0, 0.05) is 18.7 Å². The lowest BCUT2D eigenvalue weighted by atomic mass is 9.75. The van der Waals surface area contributed by atoms with Crippen molar-refractivity contribution in [2.24, 2.45) is 11.3 Å². The van der Waals surface area contributed by atoms with E-state index in [1.807, 2.05) is 26.2 Å². The Balaban J connectivity index is 1.69. The number of carbonyl (C=O) groups is 5. The standard InChI is InChI=1S/C29H42N4O7/c1-32(2)16-8-7-15-30-24(34)17-21(27(38)39)18-29(13-5-6-14-29)28(40)31-22-12-11-20-9-3-4-10-23(20)33(26(22)37)19-25(35)36/h3-4,9-10,21-22H,5-8,11-19H2,1-2H3,(H,30,34)(H,31,40)(H,35,36)(H,38,39)/t21-,22+/m1/s1. The van der Waals surface area contributed by atoms with Gasteiger partial charge < -0.3 is 25.7 Å². The van der Waals surface area contributed by atoms with E-state index in [0.29, 0.717) is 37.9 Å². The molecule has 1 aromatic carbocycles. The van der Waals surface area contributed by atoms with E-state index in [1.165, 1.54) is 4.90 Å². The number of aryl methyl sites for hydroxylation is 1. The van der Waals surface area contributed by atoms with Gasteiger partial charge in [0.25, 0.3) is 0 Å². The summed E-state index contributed by atoms with van der Waals surface area (Å²) in [5.74, 6) is -4.59. The number of unbranched alkanes of at least 4 members (excludes halogenated alkanes) is 1. The van der Waals surface area contributed by atoms with Crippen LogP contribution in [0.15, 0.2) is 24.3 Å². The number of anilines is 1. The van der Waals surface area contributed by atoms with Crippen molar-refractivity contribution in [1.29, 1.82) is 0 Å². The van der Waals surface area contributed by atoms with E-state index in [-0.39, 0.29) is 18.7 Å². The number of rotatable bonds is 14. The molecule has 3 rings (SSSR count). The number of fused-ring (bicyclic) bond motifs is 1. The Morgan fingerprint density at radius 3 is 2.45 bits per heavy atom. The van der Waals surface area contributed by atoms with E-state index in [1.54, 1.807) is 12.1 Å². The summed E-state index contributed by atoms with van der Waals surface area (Å²) in [5, 5.41) is 25.0. The molecule has 40 heavy (non-hydrogen) atoms. The first-order valence-electron chi connectivity index (χ1n) is 14.1. The topological polar surface area (TPSA) is 156 Å².